The van der Waals surface area contributed by atoms with E-state index in [4.69, 9.17) is 22.7 Å². The maximum Gasteiger partial charge on any atom is 0.121 e. The van der Waals surface area contributed by atoms with Gasteiger partial charge in [0.25, 0.3) is 0 Å². The van der Waals surface area contributed by atoms with Crippen molar-refractivity contribution in [2.45, 2.75) is 0 Å². The third-order valence-electron chi connectivity index (χ3n) is 1.15. The van der Waals surface area contributed by atoms with E-state index in [0.717, 1.165) is 0 Å². The van der Waals surface area contributed by atoms with E-state index in [-0.39, 0.29) is 12.4 Å². The molecule has 0 fully saturated rings. The van der Waals surface area contributed by atoms with Crippen molar-refractivity contribution in [3.05, 3.63) is 28.0 Å². The van der Waals surface area contributed by atoms with Crippen LogP contribution < -0.4 is 0 Å². The Bertz CT molecular complexity index is 410. The van der Waals surface area contributed by atoms with Crippen molar-refractivity contribution in [2.24, 2.45) is 0 Å². The van der Waals surface area contributed by atoms with Gasteiger partial charge < -0.3 is 4.98 Å². The van der Waals surface area contributed by atoms with Gasteiger partial charge in [-0.05, 0) is 6.07 Å². The second-order valence-corrected chi connectivity index (χ2v) is 2.26. The number of hydrogen-bond acceptors (Lipinski definition) is 3. The Morgan fingerprint density at radius 3 is 2.50 bits per heavy atom. The minimum Gasteiger partial charge on any atom is -0.350 e. The molecule has 5 heteroatoms. The first-order valence-corrected chi connectivity index (χ1v) is 3.21. The highest BCUT2D eigenvalue weighted by Gasteiger charge is 1.95. The SMILES string of the molecule is Cl.N#Cc1c[nH]c(=S)c(C#N)c1. The smallest absolute Gasteiger partial charge is 0.121 e. The van der Waals surface area contributed by atoms with Crippen LogP contribution in [0.15, 0.2) is 12.3 Å². The summed E-state index contributed by atoms with van der Waals surface area (Å²) in [6.07, 6.45) is 1.48. The summed E-state index contributed by atoms with van der Waals surface area (Å²) >= 11 is 4.77. The highest BCUT2D eigenvalue weighted by atomic mass is 35.5. The van der Waals surface area contributed by atoms with Crippen LogP contribution in [0.25, 0.3) is 0 Å². The predicted molar refractivity (Wildman–Crippen MR) is 48.3 cm³/mol. The second kappa shape index (κ2) is 4.50. The minimum absolute atomic E-state index is 0. The largest absolute Gasteiger partial charge is 0.350 e. The molecule has 0 bridgehead atoms. The van der Waals surface area contributed by atoms with Gasteiger partial charge in [0.1, 0.15) is 16.8 Å². The van der Waals surface area contributed by atoms with E-state index in [1.165, 1.54) is 12.3 Å². The summed E-state index contributed by atoms with van der Waals surface area (Å²) in [6, 6.07) is 5.24. The van der Waals surface area contributed by atoms with Crippen molar-refractivity contribution in [1.82, 2.24) is 4.98 Å². The molecule has 1 heterocycles. The Hall–Kier alpha value is -1.36. The van der Waals surface area contributed by atoms with Crippen LogP contribution in [0.2, 0.25) is 0 Å². The molecule has 0 aliphatic heterocycles. The van der Waals surface area contributed by atoms with Gasteiger partial charge in [-0.3, -0.25) is 0 Å². The van der Waals surface area contributed by atoms with E-state index in [9.17, 15) is 0 Å². The summed E-state index contributed by atoms with van der Waals surface area (Å²) in [7, 11) is 0. The van der Waals surface area contributed by atoms with Crippen LogP contribution >= 0.6 is 24.6 Å². The third-order valence-corrected chi connectivity index (χ3v) is 1.49. The van der Waals surface area contributed by atoms with Gasteiger partial charge in [-0.2, -0.15) is 10.5 Å². The molecule has 0 saturated carbocycles. The zero-order valence-corrected chi connectivity index (χ0v) is 7.50. The molecule has 0 spiro atoms. The standard InChI is InChI=1S/C7H3N3S.ClH/c8-2-5-1-6(3-9)7(11)10-4-5;/h1,4H,(H,10,11);1H. The summed E-state index contributed by atoms with van der Waals surface area (Å²) < 4.78 is 0.367. The van der Waals surface area contributed by atoms with Crippen molar-refractivity contribution in [2.75, 3.05) is 0 Å². The monoisotopic (exact) mass is 197 g/mol. The summed E-state index contributed by atoms with van der Waals surface area (Å²) in [5.41, 5.74) is 0.745. The van der Waals surface area contributed by atoms with Gasteiger partial charge >= 0.3 is 0 Å². The van der Waals surface area contributed by atoms with Gasteiger partial charge in [0.05, 0.1) is 11.1 Å². The normalized spacial score (nSPS) is 7.50. The van der Waals surface area contributed by atoms with Crippen LogP contribution in [0.5, 0.6) is 0 Å². The quantitative estimate of drug-likeness (QED) is 0.647. The Morgan fingerprint density at radius 1 is 1.33 bits per heavy atom. The van der Waals surface area contributed by atoms with Crippen LogP contribution in [-0.2, 0) is 0 Å². The first-order valence-electron chi connectivity index (χ1n) is 2.81. The molecule has 1 aromatic rings. The highest BCUT2D eigenvalue weighted by Crippen LogP contribution is 2.01. The van der Waals surface area contributed by atoms with Crippen LogP contribution in [0.3, 0.4) is 0 Å². The molecule has 0 saturated heterocycles. The lowest BCUT2D eigenvalue weighted by Crippen LogP contribution is -1.83. The number of hydrogen-bond donors (Lipinski definition) is 1. The van der Waals surface area contributed by atoms with Gasteiger partial charge in [0.2, 0.25) is 0 Å². The lowest BCUT2D eigenvalue weighted by Gasteiger charge is -1.89. The fraction of sp³-hybridized carbons (Fsp3) is 0. The molecule has 0 radical (unpaired) electrons. The number of aromatic nitrogens is 1. The van der Waals surface area contributed by atoms with Gasteiger partial charge in [0, 0.05) is 6.20 Å². The van der Waals surface area contributed by atoms with Gasteiger partial charge in [-0.15, -0.1) is 12.4 Å². The summed E-state index contributed by atoms with van der Waals surface area (Å²) in [5, 5.41) is 16.9. The number of rotatable bonds is 0. The molecule has 60 valence electrons. The maximum atomic E-state index is 8.49. The molecule has 0 aliphatic carbocycles. The molecule has 0 amide bonds. The number of halogens is 1. The molecule has 0 unspecified atom stereocenters. The maximum absolute atomic E-state index is 8.49. The zero-order chi connectivity index (χ0) is 8.27. The third kappa shape index (κ3) is 2.06. The summed E-state index contributed by atoms with van der Waals surface area (Å²) in [4.78, 5) is 2.64. The van der Waals surface area contributed by atoms with Gasteiger partial charge in [-0.1, -0.05) is 12.2 Å². The zero-order valence-electron chi connectivity index (χ0n) is 5.87. The fourth-order valence-electron chi connectivity index (χ4n) is 0.631. The fourth-order valence-corrected chi connectivity index (χ4v) is 0.795. The first-order chi connectivity index (χ1) is 5.27. The van der Waals surface area contributed by atoms with E-state index in [1.807, 2.05) is 12.1 Å². The number of pyridine rings is 1. The Labute approximate surface area is 80.7 Å². The van der Waals surface area contributed by atoms with Crippen LogP contribution in [0, 0.1) is 27.3 Å². The van der Waals surface area contributed by atoms with Crippen LogP contribution in [0.1, 0.15) is 11.1 Å². The average molecular weight is 198 g/mol. The van der Waals surface area contributed by atoms with Crippen molar-refractivity contribution in [3.8, 4) is 12.1 Å². The molecule has 1 N–H and O–H groups in total. The highest BCUT2D eigenvalue weighted by molar-refractivity contribution is 7.71. The number of H-pyrrole nitrogens is 1. The predicted octanol–water partition coefficient (Wildman–Crippen LogP) is 1.91. The molecular formula is C7H4ClN3S. The van der Waals surface area contributed by atoms with Crippen LogP contribution in [0.4, 0.5) is 0 Å². The van der Waals surface area contributed by atoms with Crippen molar-refractivity contribution >= 4 is 24.6 Å². The van der Waals surface area contributed by atoms with Crippen molar-refractivity contribution in [3.63, 3.8) is 0 Å². The van der Waals surface area contributed by atoms with E-state index >= 15 is 0 Å². The molecule has 0 aromatic carbocycles. The number of nitrogens with one attached hydrogen (secondary N) is 1. The molecule has 12 heavy (non-hydrogen) atoms. The van der Waals surface area contributed by atoms with Gasteiger partial charge in [0.15, 0.2) is 0 Å². The number of nitriles is 2. The first kappa shape index (κ1) is 10.6. The topological polar surface area (TPSA) is 63.4 Å². The van der Waals surface area contributed by atoms with Crippen molar-refractivity contribution < 1.29 is 0 Å². The van der Waals surface area contributed by atoms with Crippen molar-refractivity contribution in [1.29, 1.82) is 10.5 Å². The second-order valence-electron chi connectivity index (χ2n) is 1.85. The lowest BCUT2D eigenvalue weighted by molar-refractivity contribution is 1.25. The van der Waals surface area contributed by atoms with E-state index < -0.39 is 0 Å². The Balaban J connectivity index is 0.00000121. The lowest BCUT2D eigenvalue weighted by atomic mass is 10.2. The molecule has 0 atom stereocenters. The average Bonchev–Trinajstić information content (AvgIpc) is 2.05. The molecule has 1 aromatic heterocycles. The molecule has 1 rings (SSSR count). The molecule has 3 nitrogen and oxygen atoms in total. The summed E-state index contributed by atoms with van der Waals surface area (Å²) in [5.74, 6) is 0. The molecular weight excluding hydrogens is 194 g/mol. The van der Waals surface area contributed by atoms with Crippen LogP contribution in [-0.4, -0.2) is 4.98 Å². The Kier molecular flexibility index (Phi) is 3.99. The van der Waals surface area contributed by atoms with E-state index in [0.29, 0.717) is 15.8 Å². The van der Waals surface area contributed by atoms with Gasteiger partial charge in [-0.25, -0.2) is 0 Å². The minimum atomic E-state index is 0. The van der Waals surface area contributed by atoms with E-state index in [2.05, 4.69) is 4.98 Å². The van der Waals surface area contributed by atoms with E-state index in [1.54, 1.807) is 0 Å². The number of nitrogens with zero attached hydrogens (tertiary/aromatic N) is 2. The summed E-state index contributed by atoms with van der Waals surface area (Å²) in [6.45, 7) is 0. The molecule has 0 aliphatic rings. The number of aromatic amines is 1. The Morgan fingerprint density at radius 2 is 2.00 bits per heavy atom.